The molecule has 3 N–H and O–H groups in total. The molecule has 8 nitrogen and oxygen atoms in total. The van der Waals surface area contributed by atoms with Gasteiger partial charge in [0.05, 0.1) is 23.1 Å². The van der Waals surface area contributed by atoms with Crippen molar-refractivity contribution in [3.05, 3.63) is 120 Å². The maximum Gasteiger partial charge on any atom is 0.272 e. The summed E-state index contributed by atoms with van der Waals surface area (Å²) in [5, 5.41) is 8.66. The van der Waals surface area contributed by atoms with Gasteiger partial charge in [0.1, 0.15) is 17.3 Å². The topological polar surface area (TPSA) is 109 Å². The van der Waals surface area contributed by atoms with E-state index >= 15 is 0 Å². The first-order valence-electron chi connectivity index (χ1n) is 13.0. The Labute approximate surface area is 255 Å². The van der Waals surface area contributed by atoms with E-state index < -0.39 is 17.6 Å². The highest BCUT2D eigenvalue weighted by molar-refractivity contribution is 8.00. The second kappa shape index (κ2) is 13.8. The minimum Gasteiger partial charge on any atom is -0.497 e. The number of nitrogens with one attached hydrogen (secondary N) is 3. The van der Waals surface area contributed by atoms with Crippen LogP contribution in [0.25, 0.3) is 16.3 Å². The zero-order valence-corrected chi connectivity index (χ0v) is 24.4. The van der Waals surface area contributed by atoms with E-state index in [1.54, 1.807) is 61.7 Å². The van der Waals surface area contributed by atoms with Crippen LogP contribution in [0.3, 0.4) is 0 Å². The fourth-order valence-corrected chi connectivity index (χ4v) is 5.61. The van der Waals surface area contributed by atoms with Gasteiger partial charge >= 0.3 is 0 Å². The van der Waals surface area contributed by atoms with Gasteiger partial charge in [-0.05, 0) is 60.7 Å². The second-order valence-corrected chi connectivity index (χ2v) is 11.2. The number of nitrogens with zero attached hydrogens (tertiary/aromatic N) is 1. The summed E-state index contributed by atoms with van der Waals surface area (Å²) in [5.74, 6) is -1.10. The lowest BCUT2D eigenvalue weighted by molar-refractivity contribution is -0.114. The third-order valence-corrected chi connectivity index (χ3v) is 7.97. The molecule has 0 aliphatic rings. The highest BCUT2D eigenvalue weighted by atomic mass is 32.2. The Balaban J connectivity index is 1.25. The van der Waals surface area contributed by atoms with Crippen LogP contribution in [-0.4, -0.2) is 35.6 Å². The van der Waals surface area contributed by atoms with E-state index in [0.29, 0.717) is 22.1 Å². The first-order valence-corrected chi connectivity index (χ1v) is 14.8. The van der Waals surface area contributed by atoms with E-state index in [0.717, 1.165) is 15.1 Å². The number of thiazole rings is 1. The van der Waals surface area contributed by atoms with Crippen LogP contribution < -0.4 is 20.7 Å². The number of amides is 3. The van der Waals surface area contributed by atoms with Crippen LogP contribution in [-0.2, 0) is 9.59 Å². The summed E-state index contributed by atoms with van der Waals surface area (Å²) < 4.78 is 20.5. The van der Waals surface area contributed by atoms with Gasteiger partial charge in [-0.1, -0.05) is 53.8 Å². The monoisotopic (exact) mass is 612 g/mol. The van der Waals surface area contributed by atoms with Crippen LogP contribution in [0.4, 0.5) is 15.2 Å². The molecule has 0 atom stereocenters. The Morgan fingerprint density at radius 1 is 0.930 bits per heavy atom. The zero-order chi connectivity index (χ0) is 30.2. The van der Waals surface area contributed by atoms with Crippen molar-refractivity contribution in [1.29, 1.82) is 0 Å². The fourth-order valence-electron chi connectivity index (χ4n) is 3.94. The SMILES string of the molecule is COc1ccc2nc(NC(=O)CSc3cccc(NC(=O)/C(=C/c4ccccc4F)NC(=O)c4ccccc4)c3)sc2c1. The van der Waals surface area contributed by atoms with Gasteiger partial charge in [-0.25, -0.2) is 9.37 Å². The maximum atomic E-state index is 14.4. The standard InChI is InChI=1S/C32H25FN4O4S2/c1-41-23-14-15-26-28(18-23)43-32(36-26)37-29(38)19-42-24-12-7-11-22(17-24)34-31(40)27(16-21-10-5-6-13-25(21)33)35-30(39)20-8-3-2-4-9-20/h2-18H,19H2,1H3,(H,34,40)(H,35,39)(H,36,37,38)/b27-16-. The quantitative estimate of drug-likeness (QED) is 0.121. The first kappa shape index (κ1) is 29.5. The minimum atomic E-state index is -0.639. The van der Waals surface area contributed by atoms with Crippen molar-refractivity contribution in [2.24, 2.45) is 0 Å². The molecule has 0 fully saturated rings. The van der Waals surface area contributed by atoms with E-state index in [9.17, 15) is 18.8 Å². The largest absolute Gasteiger partial charge is 0.497 e. The van der Waals surface area contributed by atoms with Gasteiger partial charge in [-0.2, -0.15) is 0 Å². The van der Waals surface area contributed by atoms with Crippen LogP contribution in [0.2, 0.25) is 0 Å². The number of benzene rings is 4. The van der Waals surface area contributed by atoms with Crippen molar-refractivity contribution >= 4 is 67.9 Å². The van der Waals surface area contributed by atoms with Crippen molar-refractivity contribution in [1.82, 2.24) is 10.3 Å². The van der Waals surface area contributed by atoms with Gasteiger partial charge in [-0.3, -0.25) is 14.4 Å². The van der Waals surface area contributed by atoms with Crippen LogP contribution >= 0.6 is 23.1 Å². The Kier molecular flexibility index (Phi) is 9.45. The van der Waals surface area contributed by atoms with E-state index in [-0.39, 0.29) is 22.9 Å². The number of carbonyl (C=O) groups is 3. The molecular formula is C32H25FN4O4S2. The number of halogens is 1. The summed E-state index contributed by atoms with van der Waals surface area (Å²) in [6, 6.07) is 26.8. The molecule has 1 aromatic heterocycles. The van der Waals surface area contributed by atoms with Crippen molar-refractivity contribution in [3.63, 3.8) is 0 Å². The second-order valence-electron chi connectivity index (χ2n) is 9.07. The van der Waals surface area contributed by atoms with Crippen molar-refractivity contribution < 1.29 is 23.5 Å². The van der Waals surface area contributed by atoms with Crippen LogP contribution in [0.1, 0.15) is 15.9 Å². The summed E-state index contributed by atoms with van der Waals surface area (Å²) in [5.41, 5.74) is 1.55. The molecule has 216 valence electrons. The van der Waals surface area contributed by atoms with Gasteiger partial charge in [0, 0.05) is 21.7 Å². The molecule has 3 amide bonds. The molecule has 5 rings (SSSR count). The normalized spacial score (nSPS) is 11.2. The number of hydrogen-bond donors (Lipinski definition) is 3. The smallest absolute Gasteiger partial charge is 0.272 e. The molecular weight excluding hydrogens is 588 g/mol. The van der Waals surface area contributed by atoms with Gasteiger partial charge in [-0.15, -0.1) is 11.8 Å². The Morgan fingerprint density at radius 2 is 1.72 bits per heavy atom. The molecule has 11 heteroatoms. The molecule has 5 aromatic rings. The van der Waals surface area contributed by atoms with Crippen LogP contribution in [0, 0.1) is 5.82 Å². The maximum absolute atomic E-state index is 14.4. The van der Waals surface area contributed by atoms with Crippen molar-refractivity contribution in [3.8, 4) is 5.75 Å². The molecule has 0 radical (unpaired) electrons. The molecule has 0 spiro atoms. The Bertz CT molecular complexity index is 1830. The number of aromatic nitrogens is 1. The Morgan fingerprint density at radius 3 is 2.51 bits per heavy atom. The number of fused-ring (bicyclic) bond motifs is 1. The van der Waals surface area contributed by atoms with Crippen molar-refractivity contribution in [2.45, 2.75) is 4.90 Å². The molecule has 0 bridgehead atoms. The zero-order valence-electron chi connectivity index (χ0n) is 22.8. The van der Waals surface area contributed by atoms with E-state index in [1.165, 1.54) is 47.4 Å². The third-order valence-electron chi connectivity index (χ3n) is 6.04. The molecule has 0 aliphatic heterocycles. The number of ether oxygens (including phenoxy) is 1. The summed E-state index contributed by atoms with van der Waals surface area (Å²) in [4.78, 5) is 43.9. The number of hydrogen-bond acceptors (Lipinski definition) is 7. The first-order chi connectivity index (χ1) is 20.9. The summed E-state index contributed by atoms with van der Waals surface area (Å²) in [6.07, 6.45) is 1.28. The number of thioether (sulfide) groups is 1. The molecule has 43 heavy (non-hydrogen) atoms. The molecule has 0 aliphatic carbocycles. The average molecular weight is 613 g/mol. The number of anilines is 2. The molecule has 0 saturated carbocycles. The number of methoxy groups -OCH3 is 1. The van der Waals surface area contributed by atoms with E-state index in [1.807, 2.05) is 24.3 Å². The lowest BCUT2D eigenvalue weighted by atomic mass is 10.1. The predicted octanol–water partition coefficient (Wildman–Crippen LogP) is 6.58. The summed E-state index contributed by atoms with van der Waals surface area (Å²) in [7, 11) is 1.59. The molecule has 0 saturated heterocycles. The van der Waals surface area contributed by atoms with Crippen molar-refractivity contribution in [2.75, 3.05) is 23.5 Å². The minimum absolute atomic E-state index is 0.113. The van der Waals surface area contributed by atoms with Crippen LogP contribution in [0.15, 0.2) is 108 Å². The lowest BCUT2D eigenvalue weighted by Gasteiger charge is -2.12. The molecule has 1 heterocycles. The fraction of sp³-hybridized carbons (Fsp3) is 0.0625. The van der Waals surface area contributed by atoms with E-state index in [4.69, 9.17) is 4.74 Å². The van der Waals surface area contributed by atoms with Gasteiger partial charge in [0.15, 0.2) is 5.13 Å². The highest BCUT2D eigenvalue weighted by Gasteiger charge is 2.16. The van der Waals surface area contributed by atoms with E-state index in [2.05, 4.69) is 20.9 Å². The summed E-state index contributed by atoms with van der Waals surface area (Å²) in [6.45, 7) is 0. The predicted molar refractivity (Wildman–Crippen MR) is 169 cm³/mol. The average Bonchev–Trinajstić information content (AvgIpc) is 3.42. The number of carbonyl (C=O) groups excluding carboxylic acids is 3. The van der Waals surface area contributed by atoms with Gasteiger partial charge in [0.2, 0.25) is 5.91 Å². The molecule has 0 unspecified atom stereocenters. The van der Waals surface area contributed by atoms with Crippen LogP contribution in [0.5, 0.6) is 5.75 Å². The molecule has 4 aromatic carbocycles. The third kappa shape index (κ3) is 7.85. The van der Waals surface area contributed by atoms with Gasteiger partial charge < -0.3 is 20.7 Å². The van der Waals surface area contributed by atoms with Gasteiger partial charge in [0.25, 0.3) is 11.8 Å². The Hall–Kier alpha value is -5.00. The summed E-state index contributed by atoms with van der Waals surface area (Å²) >= 11 is 2.64. The lowest BCUT2D eigenvalue weighted by Crippen LogP contribution is -2.30. The highest BCUT2D eigenvalue weighted by Crippen LogP contribution is 2.29. The number of rotatable bonds is 10.